The highest BCUT2D eigenvalue weighted by Crippen LogP contribution is 2.21. The molecule has 0 spiro atoms. The number of aromatic nitrogens is 2. The Labute approximate surface area is 183 Å². The maximum atomic E-state index is 12.5. The molecule has 0 aliphatic carbocycles. The van der Waals surface area contributed by atoms with Gasteiger partial charge in [0.1, 0.15) is 11.6 Å². The Bertz CT molecular complexity index is 927. The van der Waals surface area contributed by atoms with E-state index in [-0.39, 0.29) is 18.2 Å². The predicted octanol–water partition coefficient (Wildman–Crippen LogP) is 1.46. The fourth-order valence-electron chi connectivity index (χ4n) is 3.92. The van der Waals surface area contributed by atoms with Crippen LogP contribution in [0, 0.1) is 20.8 Å². The van der Waals surface area contributed by atoms with Gasteiger partial charge in [-0.2, -0.15) is 0 Å². The Morgan fingerprint density at radius 1 is 1.23 bits per heavy atom. The standard InChI is InChI=1S/C23H31N5O3/c1-15-11-18(5-6-20(15)31-4)14-28-10-9-25-23(30)19(28)13-22(29)24-8-7-21-26-16(2)12-17(3)27-21/h5-6,11-12,19H,7-10,13-14H2,1-4H3,(H,24,29)(H,25,30)/t19-/m0/s1. The zero-order valence-corrected chi connectivity index (χ0v) is 18.7. The Balaban J connectivity index is 1.57. The molecule has 1 atom stereocenters. The minimum absolute atomic E-state index is 0.107. The number of nitrogens with zero attached hydrogens (tertiary/aromatic N) is 3. The molecule has 1 aliphatic heterocycles. The molecule has 0 radical (unpaired) electrons. The molecule has 0 unspecified atom stereocenters. The molecule has 1 aliphatic rings. The molecule has 1 aromatic carbocycles. The molecule has 1 aromatic heterocycles. The van der Waals surface area contributed by atoms with Crippen molar-refractivity contribution in [1.29, 1.82) is 0 Å². The summed E-state index contributed by atoms with van der Waals surface area (Å²) in [5, 5.41) is 5.78. The van der Waals surface area contributed by atoms with Crippen molar-refractivity contribution in [2.75, 3.05) is 26.7 Å². The fourth-order valence-corrected chi connectivity index (χ4v) is 3.92. The second kappa shape index (κ2) is 10.3. The second-order valence-corrected chi connectivity index (χ2v) is 7.95. The van der Waals surface area contributed by atoms with Crippen LogP contribution in [0.3, 0.4) is 0 Å². The van der Waals surface area contributed by atoms with Crippen LogP contribution in [0.1, 0.15) is 34.8 Å². The van der Waals surface area contributed by atoms with Crippen molar-refractivity contribution in [3.05, 3.63) is 52.6 Å². The number of benzene rings is 1. The van der Waals surface area contributed by atoms with Gasteiger partial charge in [-0.3, -0.25) is 14.5 Å². The number of piperazine rings is 1. The maximum Gasteiger partial charge on any atom is 0.237 e. The van der Waals surface area contributed by atoms with Crippen LogP contribution >= 0.6 is 0 Å². The zero-order chi connectivity index (χ0) is 22.4. The van der Waals surface area contributed by atoms with Crippen molar-refractivity contribution in [3.8, 4) is 5.75 Å². The van der Waals surface area contributed by atoms with E-state index in [0.29, 0.717) is 38.4 Å². The van der Waals surface area contributed by atoms with Gasteiger partial charge in [0.2, 0.25) is 11.8 Å². The van der Waals surface area contributed by atoms with Crippen LogP contribution < -0.4 is 15.4 Å². The lowest BCUT2D eigenvalue weighted by Crippen LogP contribution is -2.56. The molecule has 0 saturated carbocycles. The first-order valence-corrected chi connectivity index (χ1v) is 10.6. The van der Waals surface area contributed by atoms with E-state index in [0.717, 1.165) is 28.3 Å². The van der Waals surface area contributed by atoms with Gasteiger partial charge in [-0.25, -0.2) is 9.97 Å². The number of ether oxygens (including phenoxy) is 1. The van der Waals surface area contributed by atoms with Crippen molar-refractivity contribution in [2.45, 2.75) is 46.2 Å². The van der Waals surface area contributed by atoms with Crippen molar-refractivity contribution >= 4 is 11.8 Å². The molecule has 2 amide bonds. The van der Waals surface area contributed by atoms with Crippen LogP contribution in [0.5, 0.6) is 5.75 Å². The summed E-state index contributed by atoms with van der Waals surface area (Å²) in [6.45, 7) is 8.17. The van der Waals surface area contributed by atoms with Crippen LogP contribution in [0.4, 0.5) is 0 Å². The Kier molecular flexibility index (Phi) is 7.57. The van der Waals surface area contributed by atoms with Gasteiger partial charge in [0, 0.05) is 44.0 Å². The molecule has 3 rings (SSSR count). The average molecular weight is 426 g/mol. The fraction of sp³-hybridized carbons (Fsp3) is 0.478. The molecule has 2 heterocycles. The predicted molar refractivity (Wildman–Crippen MR) is 118 cm³/mol. The number of aryl methyl sites for hydroxylation is 3. The third-order valence-corrected chi connectivity index (χ3v) is 5.36. The molecule has 8 heteroatoms. The molecule has 8 nitrogen and oxygen atoms in total. The van der Waals surface area contributed by atoms with Crippen molar-refractivity contribution < 1.29 is 14.3 Å². The molecule has 2 N–H and O–H groups in total. The van der Waals surface area contributed by atoms with Gasteiger partial charge in [0.25, 0.3) is 0 Å². The first-order valence-electron chi connectivity index (χ1n) is 10.6. The third kappa shape index (κ3) is 6.24. The van der Waals surface area contributed by atoms with Crippen LogP contribution in [-0.2, 0) is 22.6 Å². The SMILES string of the molecule is COc1ccc(CN2CCNC(=O)[C@@H]2CC(=O)NCCc2nc(C)cc(C)n2)cc1C. The van der Waals surface area contributed by atoms with Gasteiger partial charge < -0.3 is 15.4 Å². The Morgan fingerprint density at radius 3 is 2.65 bits per heavy atom. The average Bonchev–Trinajstić information content (AvgIpc) is 2.70. The Morgan fingerprint density at radius 2 is 1.97 bits per heavy atom. The van der Waals surface area contributed by atoms with Gasteiger partial charge >= 0.3 is 0 Å². The van der Waals surface area contributed by atoms with Crippen molar-refractivity contribution in [2.24, 2.45) is 0 Å². The van der Waals surface area contributed by atoms with E-state index in [9.17, 15) is 9.59 Å². The number of nitrogens with one attached hydrogen (secondary N) is 2. The van der Waals surface area contributed by atoms with Crippen LogP contribution in [0.25, 0.3) is 0 Å². The number of amides is 2. The lowest BCUT2D eigenvalue weighted by Gasteiger charge is -2.34. The number of carbonyl (C=O) groups excluding carboxylic acids is 2. The van der Waals surface area contributed by atoms with E-state index < -0.39 is 6.04 Å². The minimum atomic E-state index is -0.492. The van der Waals surface area contributed by atoms with E-state index in [4.69, 9.17) is 4.74 Å². The number of carbonyl (C=O) groups is 2. The largest absolute Gasteiger partial charge is 0.496 e. The Hall–Kier alpha value is -3.00. The molecule has 31 heavy (non-hydrogen) atoms. The molecule has 2 aromatic rings. The monoisotopic (exact) mass is 425 g/mol. The third-order valence-electron chi connectivity index (χ3n) is 5.36. The van der Waals surface area contributed by atoms with Gasteiger partial charge in [-0.05, 0) is 44.0 Å². The van der Waals surface area contributed by atoms with E-state index in [1.165, 1.54) is 0 Å². The lowest BCUT2D eigenvalue weighted by atomic mass is 10.1. The second-order valence-electron chi connectivity index (χ2n) is 7.95. The van der Waals surface area contributed by atoms with Crippen LogP contribution in [0.2, 0.25) is 0 Å². The minimum Gasteiger partial charge on any atom is -0.496 e. The summed E-state index contributed by atoms with van der Waals surface area (Å²) >= 11 is 0. The van der Waals surface area contributed by atoms with Crippen LogP contribution in [0.15, 0.2) is 24.3 Å². The molecule has 1 saturated heterocycles. The molecule has 166 valence electrons. The highest BCUT2D eigenvalue weighted by atomic mass is 16.5. The molecule has 0 bridgehead atoms. The van der Waals surface area contributed by atoms with Gasteiger partial charge in [0.05, 0.1) is 19.6 Å². The van der Waals surface area contributed by atoms with Gasteiger partial charge in [-0.1, -0.05) is 12.1 Å². The summed E-state index contributed by atoms with van der Waals surface area (Å²) in [6.07, 6.45) is 0.675. The van der Waals surface area contributed by atoms with E-state index >= 15 is 0 Å². The number of hydrogen-bond acceptors (Lipinski definition) is 6. The number of hydrogen-bond donors (Lipinski definition) is 2. The summed E-state index contributed by atoms with van der Waals surface area (Å²) in [5.41, 5.74) is 3.96. The molecule has 1 fully saturated rings. The van der Waals surface area contributed by atoms with E-state index in [1.54, 1.807) is 7.11 Å². The normalized spacial score (nSPS) is 16.6. The highest BCUT2D eigenvalue weighted by molar-refractivity contribution is 5.88. The van der Waals surface area contributed by atoms with Crippen molar-refractivity contribution in [1.82, 2.24) is 25.5 Å². The maximum absolute atomic E-state index is 12.5. The summed E-state index contributed by atoms with van der Waals surface area (Å²) in [7, 11) is 1.65. The lowest BCUT2D eigenvalue weighted by molar-refractivity contribution is -0.134. The quantitative estimate of drug-likeness (QED) is 0.665. The number of rotatable bonds is 8. The van der Waals surface area contributed by atoms with E-state index in [1.807, 2.05) is 39.0 Å². The summed E-state index contributed by atoms with van der Waals surface area (Å²) in [6, 6.07) is 7.42. The zero-order valence-electron chi connectivity index (χ0n) is 18.7. The smallest absolute Gasteiger partial charge is 0.237 e. The molecular formula is C23H31N5O3. The van der Waals surface area contributed by atoms with E-state index in [2.05, 4.69) is 31.6 Å². The highest BCUT2D eigenvalue weighted by Gasteiger charge is 2.31. The summed E-state index contributed by atoms with van der Waals surface area (Å²) < 4.78 is 5.32. The first-order chi connectivity index (χ1) is 14.9. The topological polar surface area (TPSA) is 96.5 Å². The van der Waals surface area contributed by atoms with Gasteiger partial charge in [0.15, 0.2) is 0 Å². The first kappa shape index (κ1) is 22.7. The summed E-state index contributed by atoms with van der Waals surface area (Å²) in [4.78, 5) is 35.9. The van der Waals surface area contributed by atoms with Gasteiger partial charge in [-0.15, -0.1) is 0 Å². The van der Waals surface area contributed by atoms with Crippen LogP contribution in [-0.4, -0.2) is 59.5 Å². The number of methoxy groups -OCH3 is 1. The van der Waals surface area contributed by atoms with Crippen molar-refractivity contribution in [3.63, 3.8) is 0 Å². The summed E-state index contributed by atoms with van der Waals surface area (Å²) in [5.74, 6) is 1.29. The molecular weight excluding hydrogens is 394 g/mol.